The number of nitrogens with one attached hydrogen (secondary N) is 2. The van der Waals surface area contributed by atoms with E-state index in [0.717, 1.165) is 31.2 Å². The number of nitrogens with zero attached hydrogens (tertiary/aromatic N) is 1. The van der Waals surface area contributed by atoms with E-state index in [1.165, 1.54) is 11.3 Å². The van der Waals surface area contributed by atoms with Gasteiger partial charge in [0.15, 0.2) is 17.2 Å². The number of Topliss-reactive ketones (excluding diaryl/α,β-unsaturated/α-hetero) is 1. The fraction of sp³-hybridized carbons (Fsp3) is 0.333. The standard InChI is InChI=1S/C18H19N3O3S/c1-11-6-7-15(14(8-11)16(23)12-4-2-3-5-12)20-17(24)21-18-19-13(9-22)10-25-18/h6-10,12H,2-5H2,1H3,(H2,19,20,21,24). The van der Waals surface area contributed by atoms with Crippen molar-refractivity contribution in [2.24, 2.45) is 5.92 Å². The van der Waals surface area contributed by atoms with Gasteiger partial charge in [0.05, 0.1) is 5.69 Å². The lowest BCUT2D eigenvalue weighted by Gasteiger charge is -2.14. The van der Waals surface area contributed by atoms with Crippen LogP contribution in [0.15, 0.2) is 23.6 Å². The fourth-order valence-electron chi connectivity index (χ4n) is 3.03. The summed E-state index contributed by atoms with van der Waals surface area (Å²) in [5, 5.41) is 7.20. The molecule has 130 valence electrons. The first-order chi connectivity index (χ1) is 12.1. The number of aldehydes is 1. The Balaban J connectivity index is 1.75. The van der Waals surface area contributed by atoms with Crippen LogP contribution in [0.4, 0.5) is 15.6 Å². The number of hydrogen-bond acceptors (Lipinski definition) is 5. The van der Waals surface area contributed by atoms with Gasteiger partial charge in [0.1, 0.15) is 5.69 Å². The van der Waals surface area contributed by atoms with Crippen LogP contribution >= 0.6 is 11.3 Å². The molecule has 2 amide bonds. The molecule has 3 rings (SSSR count). The van der Waals surface area contributed by atoms with Gasteiger partial charge in [-0.2, -0.15) is 0 Å². The van der Waals surface area contributed by atoms with E-state index in [2.05, 4.69) is 15.6 Å². The van der Waals surface area contributed by atoms with Gasteiger partial charge in [-0.15, -0.1) is 11.3 Å². The van der Waals surface area contributed by atoms with Gasteiger partial charge in [-0.3, -0.25) is 14.9 Å². The van der Waals surface area contributed by atoms with Gasteiger partial charge >= 0.3 is 6.03 Å². The molecule has 2 aromatic rings. The summed E-state index contributed by atoms with van der Waals surface area (Å²) in [5.41, 5.74) is 2.29. The largest absolute Gasteiger partial charge is 0.325 e. The number of amides is 2. The maximum Gasteiger partial charge on any atom is 0.325 e. The molecule has 0 atom stereocenters. The summed E-state index contributed by atoms with van der Waals surface area (Å²) in [7, 11) is 0. The van der Waals surface area contributed by atoms with Gasteiger partial charge in [0.25, 0.3) is 0 Å². The van der Waals surface area contributed by atoms with Crippen molar-refractivity contribution in [1.29, 1.82) is 0 Å². The third-order valence-electron chi connectivity index (χ3n) is 4.28. The number of anilines is 2. The van der Waals surface area contributed by atoms with E-state index in [-0.39, 0.29) is 17.4 Å². The zero-order valence-electron chi connectivity index (χ0n) is 13.9. The van der Waals surface area contributed by atoms with Crippen LogP contribution in [-0.4, -0.2) is 23.1 Å². The van der Waals surface area contributed by atoms with Crippen LogP contribution in [0.2, 0.25) is 0 Å². The third-order valence-corrected chi connectivity index (χ3v) is 5.05. The molecule has 1 aromatic carbocycles. The van der Waals surface area contributed by atoms with Crippen LogP contribution < -0.4 is 10.6 Å². The predicted octanol–water partition coefficient (Wildman–Crippen LogP) is 4.28. The highest BCUT2D eigenvalue weighted by Crippen LogP contribution is 2.31. The van der Waals surface area contributed by atoms with Crippen molar-refractivity contribution >= 4 is 40.3 Å². The minimum atomic E-state index is -0.490. The van der Waals surface area contributed by atoms with Crippen molar-refractivity contribution in [3.63, 3.8) is 0 Å². The highest BCUT2D eigenvalue weighted by molar-refractivity contribution is 7.14. The number of carbonyl (C=O) groups is 3. The van der Waals surface area contributed by atoms with E-state index in [1.54, 1.807) is 11.4 Å². The highest BCUT2D eigenvalue weighted by Gasteiger charge is 2.26. The van der Waals surface area contributed by atoms with E-state index in [9.17, 15) is 14.4 Å². The summed E-state index contributed by atoms with van der Waals surface area (Å²) >= 11 is 1.17. The molecular formula is C18H19N3O3S. The van der Waals surface area contributed by atoms with Gasteiger partial charge in [-0.05, 0) is 31.9 Å². The minimum absolute atomic E-state index is 0.0412. The quantitative estimate of drug-likeness (QED) is 0.617. The molecule has 1 aliphatic rings. The number of thiazole rings is 1. The summed E-state index contributed by atoms with van der Waals surface area (Å²) in [5.74, 6) is 0.133. The molecule has 2 N–H and O–H groups in total. The second-order valence-corrected chi connectivity index (χ2v) is 7.03. The van der Waals surface area contributed by atoms with Crippen LogP contribution in [0.1, 0.15) is 52.1 Å². The Bertz CT molecular complexity index is 810. The number of aromatic nitrogens is 1. The fourth-order valence-corrected chi connectivity index (χ4v) is 3.68. The van der Waals surface area contributed by atoms with Crippen molar-refractivity contribution in [3.05, 3.63) is 40.4 Å². The summed E-state index contributed by atoms with van der Waals surface area (Å²) < 4.78 is 0. The molecule has 0 spiro atoms. The highest BCUT2D eigenvalue weighted by atomic mass is 32.1. The molecule has 0 aliphatic heterocycles. The van der Waals surface area contributed by atoms with Gasteiger partial charge < -0.3 is 5.32 Å². The number of hydrogen-bond donors (Lipinski definition) is 2. The van der Waals surface area contributed by atoms with E-state index in [1.807, 2.05) is 19.1 Å². The Morgan fingerprint density at radius 2 is 2.00 bits per heavy atom. The van der Waals surface area contributed by atoms with Gasteiger partial charge in [0, 0.05) is 16.9 Å². The summed E-state index contributed by atoms with van der Waals surface area (Å²) in [6, 6.07) is 4.94. The lowest BCUT2D eigenvalue weighted by Crippen LogP contribution is -2.22. The molecule has 1 aliphatic carbocycles. The summed E-state index contributed by atoms with van der Waals surface area (Å²) in [6.45, 7) is 1.92. The van der Waals surface area contributed by atoms with Crippen LogP contribution in [0.5, 0.6) is 0 Å². The first-order valence-electron chi connectivity index (χ1n) is 8.20. The zero-order chi connectivity index (χ0) is 17.8. The van der Waals surface area contributed by atoms with Crippen molar-refractivity contribution in [2.45, 2.75) is 32.6 Å². The van der Waals surface area contributed by atoms with Crippen LogP contribution in [0.25, 0.3) is 0 Å². The van der Waals surface area contributed by atoms with Crippen molar-refractivity contribution < 1.29 is 14.4 Å². The maximum atomic E-state index is 12.8. The molecule has 1 fully saturated rings. The Labute approximate surface area is 149 Å². The molecule has 6 nitrogen and oxygen atoms in total. The number of carbonyl (C=O) groups excluding carboxylic acids is 3. The third kappa shape index (κ3) is 4.11. The molecule has 25 heavy (non-hydrogen) atoms. The smallest absolute Gasteiger partial charge is 0.307 e. The lowest BCUT2D eigenvalue weighted by molar-refractivity contribution is 0.0923. The maximum absolute atomic E-state index is 12.8. The topological polar surface area (TPSA) is 88.2 Å². The number of urea groups is 1. The second kappa shape index (κ2) is 7.57. The van der Waals surface area contributed by atoms with Gasteiger partial charge in [0.2, 0.25) is 0 Å². The van der Waals surface area contributed by atoms with Gasteiger partial charge in [-0.1, -0.05) is 24.5 Å². The average Bonchev–Trinajstić information content (AvgIpc) is 3.27. The van der Waals surface area contributed by atoms with Crippen molar-refractivity contribution in [2.75, 3.05) is 10.6 Å². The predicted molar refractivity (Wildman–Crippen MR) is 97.6 cm³/mol. The van der Waals surface area contributed by atoms with Crippen LogP contribution in [0.3, 0.4) is 0 Å². The van der Waals surface area contributed by atoms with Crippen LogP contribution in [0, 0.1) is 12.8 Å². The van der Waals surface area contributed by atoms with Crippen molar-refractivity contribution in [1.82, 2.24) is 4.98 Å². The monoisotopic (exact) mass is 357 g/mol. The Morgan fingerprint density at radius 3 is 2.68 bits per heavy atom. The number of rotatable bonds is 5. The summed E-state index contributed by atoms with van der Waals surface area (Å²) in [4.78, 5) is 39.6. The normalized spacial score (nSPS) is 14.3. The first kappa shape index (κ1) is 17.3. The molecule has 1 heterocycles. The van der Waals surface area contributed by atoms with Gasteiger partial charge in [-0.25, -0.2) is 9.78 Å². The van der Waals surface area contributed by atoms with Crippen LogP contribution in [-0.2, 0) is 0 Å². The summed E-state index contributed by atoms with van der Waals surface area (Å²) in [6.07, 6.45) is 4.60. The van der Waals surface area contributed by atoms with E-state index < -0.39 is 6.03 Å². The van der Waals surface area contributed by atoms with Crippen molar-refractivity contribution in [3.8, 4) is 0 Å². The lowest BCUT2D eigenvalue weighted by atomic mass is 9.94. The SMILES string of the molecule is Cc1ccc(NC(=O)Nc2nc(C=O)cs2)c(C(=O)C2CCCC2)c1. The molecule has 7 heteroatoms. The molecule has 0 unspecified atom stereocenters. The van der Waals surface area contributed by atoms with E-state index in [0.29, 0.717) is 22.7 Å². The van der Waals surface area contributed by atoms with E-state index >= 15 is 0 Å². The molecular weight excluding hydrogens is 338 g/mol. The Morgan fingerprint density at radius 1 is 1.24 bits per heavy atom. The molecule has 1 aromatic heterocycles. The minimum Gasteiger partial charge on any atom is -0.307 e. The van der Waals surface area contributed by atoms with E-state index in [4.69, 9.17) is 0 Å². The zero-order valence-corrected chi connectivity index (χ0v) is 14.7. The molecule has 1 saturated carbocycles. The number of ketones is 1. The Hall–Kier alpha value is -2.54. The number of aryl methyl sites for hydroxylation is 1. The molecule has 0 radical (unpaired) electrons. The average molecular weight is 357 g/mol. The second-order valence-electron chi connectivity index (χ2n) is 6.17. The molecule has 0 saturated heterocycles. The number of benzene rings is 1. The first-order valence-corrected chi connectivity index (χ1v) is 9.08. The Kier molecular flexibility index (Phi) is 5.23. The molecule has 0 bridgehead atoms.